The molecule has 220 valence electrons. The van der Waals surface area contributed by atoms with Crippen LogP contribution in [0.3, 0.4) is 0 Å². The minimum atomic E-state index is -2.68. The van der Waals surface area contributed by atoms with Gasteiger partial charge < -0.3 is 18.8 Å². The quantitative estimate of drug-likeness (QED) is 0.198. The van der Waals surface area contributed by atoms with Gasteiger partial charge in [0.2, 0.25) is 0 Å². The van der Waals surface area contributed by atoms with Gasteiger partial charge in [-0.05, 0) is 54.6 Å². The summed E-state index contributed by atoms with van der Waals surface area (Å²) in [5, 5.41) is 2.43. The Bertz CT molecular complexity index is 1180. The van der Waals surface area contributed by atoms with Crippen LogP contribution in [0, 0.1) is 5.92 Å². The third-order valence-electron chi connectivity index (χ3n) is 7.91. The van der Waals surface area contributed by atoms with Crippen LogP contribution in [0.1, 0.15) is 59.9 Å². The van der Waals surface area contributed by atoms with Crippen molar-refractivity contribution in [2.24, 2.45) is 5.92 Å². The van der Waals surface area contributed by atoms with E-state index < -0.39 is 13.9 Å². The van der Waals surface area contributed by atoms with E-state index >= 15 is 0 Å². The molecule has 0 aliphatic carbocycles. The van der Waals surface area contributed by atoms with Crippen LogP contribution in [0.2, 0.25) is 5.04 Å². The van der Waals surface area contributed by atoms with Crippen LogP contribution in [-0.4, -0.2) is 50.7 Å². The molecule has 0 spiro atoms. The summed E-state index contributed by atoms with van der Waals surface area (Å²) >= 11 is 0. The van der Waals surface area contributed by atoms with E-state index in [-0.39, 0.29) is 23.1 Å². The van der Waals surface area contributed by atoms with Crippen LogP contribution in [0.4, 0.5) is 4.79 Å². The van der Waals surface area contributed by atoms with Gasteiger partial charge >= 0.3 is 6.09 Å². The Labute approximate surface area is 248 Å². The highest BCUT2D eigenvalue weighted by atomic mass is 28.4. The first-order chi connectivity index (χ1) is 19.5. The first-order valence-electron chi connectivity index (χ1n) is 14.9. The fraction of sp³-hybridized carbons (Fsp3) is 0.457. The zero-order valence-electron chi connectivity index (χ0n) is 25.6. The van der Waals surface area contributed by atoms with E-state index in [1.807, 2.05) is 43.9 Å². The fourth-order valence-corrected chi connectivity index (χ4v) is 10.6. The van der Waals surface area contributed by atoms with E-state index in [0.29, 0.717) is 26.4 Å². The Morgan fingerprint density at radius 2 is 1.37 bits per heavy atom. The summed E-state index contributed by atoms with van der Waals surface area (Å²) in [6.07, 6.45) is 1.36. The van der Waals surface area contributed by atoms with Crippen molar-refractivity contribution in [1.82, 2.24) is 4.90 Å². The standard InChI is InChI=1S/C35H47NO4Si/c1-34(2,3)40-33(37)36-24-22-29(32(36)23-25-38-26-28-16-10-7-11-17-28)27-39-41(35(4,5)6,30-18-12-8-13-19-30)31-20-14-9-15-21-31/h7-21,29,32H,22-27H2,1-6H3/t29-,32-/m1/s1. The number of benzene rings is 3. The minimum Gasteiger partial charge on any atom is -0.444 e. The summed E-state index contributed by atoms with van der Waals surface area (Å²) < 4.78 is 19.2. The van der Waals surface area contributed by atoms with Crippen molar-refractivity contribution in [3.8, 4) is 0 Å². The lowest BCUT2D eigenvalue weighted by Crippen LogP contribution is -2.67. The van der Waals surface area contributed by atoms with E-state index in [4.69, 9.17) is 13.9 Å². The highest BCUT2D eigenvalue weighted by molar-refractivity contribution is 6.99. The molecule has 1 amide bonds. The Balaban J connectivity index is 1.57. The monoisotopic (exact) mass is 573 g/mol. The van der Waals surface area contributed by atoms with E-state index in [1.165, 1.54) is 10.4 Å². The highest BCUT2D eigenvalue weighted by Crippen LogP contribution is 2.38. The third kappa shape index (κ3) is 7.67. The maximum Gasteiger partial charge on any atom is 0.410 e. The molecule has 1 aliphatic rings. The van der Waals surface area contributed by atoms with Crippen LogP contribution in [0.5, 0.6) is 0 Å². The molecule has 6 heteroatoms. The third-order valence-corrected chi connectivity index (χ3v) is 12.9. The predicted molar refractivity (Wildman–Crippen MR) is 169 cm³/mol. The lowest BCUT2D eigenvalue weighted by Gasteiger charge is -2.44. The fourth-order valence-electron chi connectivity index (χ4n) is 6.01. The molecule has 0 saturated carbocycles. The van der Waals surface area contributed by atoms with Gasteiger partial charge in [-0.2, -0.15) is 0 Å². The van der Waals surface area contributed by atoms with Gasteiger partial charge in [-0.15, -0.1) is 0 Å². The topological polar surface area (TPSA) is 48.0 Å². The van der Waals surface area contributed by atoms with Gasteiger partial charge in [0.25, 0.3) is 8.32 Å². The largest absolute Gasteiger partial charge is 0.444 e. The van der Waals surface area contributed by atoms with Crippen LogP contribution in [-0.2, 0) is 20.5 Å². The molecule has 4 rings (SSSR count). The molecule has 0 aromatic heterocycles. The molecule has 0 unspecified atom stereocenters. The zero-order chi connectivity index (χ0) is 29.5. The van der Waals surface area contributed by atoms with Gasteiger partial charge in [0, 0.05) is 31.7 Å². The lowest BCUT2D eigenvalue weighted by molar-refractivity contribution is 0.0142. The first kappa shape index (κ1) is 31.0. The molecule has 1 heterocycles. The van der Waals surface area contributed by atoms with E-state index in [2.05, 4.69) is 93.6 Å². The molecule has 1 fully saturated rings. The van der Waals surface area contributed by atoms with Crippen molar-refractivity contribution < 1.29 is 18.7 Å². The summed E-state index contributed by atoms with van der Waals surface area (Å²) in [4.78, 5) is 15.2. The smallest absolute Gasteiger partial charge is 0.410 e. The summed E-state index contributed by atoms with van der Waals surface area (Å²) in [5.74, 6) is 0.185. The number of carbonyl (C=O) groups excluding carboxylic acids is 1. The summed E-state index contributed by atoms with van der Waals surface area (Å²) in [6.45, 7) is 15.0. The maximum absolute atomic E-state index is 13.3. The Hall–Kier alpha value is -2.93. The van der Waals surface area contributed by atoms with Gasteiger partial charge in [-0.3, -0.25) is 0 Å². The van der Waals surface area contributed by atoms with E-state index in [0.717, 1.165) is 18.4 Å². The molecule has 0 radical (unpaired) electrons. The number of likely N-dealkylation sites (tertiary alicyclic amines) is 1. The Morgan fingerprint density at radius 1 is 0.829 bits per heavy atom. The highest BCUT2D eigenvalue weighted by Gasteiger charge is 2.51. The number of amides is 1. The molecular weight excluding hydrogens is 526 g/mol. The molecule has 0 N–H and O–H groups in total. The molecule has 0 bridgehead atoms. The Kier molecular flexibility index (Phi) is 10.1. The molecule has 41 heavy (non-hydrogen) atoms. The maximum atomic E-state index is 13.3. The summed E-state index contributed by atoms with van der Waals surface area (Å²) in [5.41, 5.74) is 0.601. The van der Waals surface area contributed by atoms with E-state index in [1.54, 1.807) is 0 Å². The van der Waals surface area contributed by atoms with E-state index in [9.17, 15) is 4.79 Å². The van der Waals surface area contributed by atoms with Crippen LogP contribution in [0.15, 0.2) is 91.0 Å². The molecular formula is C35H47NO4Si. The van der Waals surface area contributed by atoms with Crippen molar-refractivity contribution in [2.45, 2.75) is 77.7 Å². The van der Waals surface area contributed by atoms with Crippen molar-refractivity contribution in [2.75, 3.05) is 19.8 Å². The number of hydrogen-bond donors (Lipinski definition) is 0. The minimum absolute atomic E-state index is 0.0150. The second-order valence-electron chi connectivity index (χ2n) is 13.1. The number of hydrogen-bond acceptors (Lipinski definition) is 4. The predicted octanol–water partition coefficient (Wildman–Crippen LogP) is 6.80. The van der Waals surface area contributed by atoms with Crippen LogP contribution >= 0.6 is 0 Å². The molecule has 1 saturated heterocycles. The second kappa shape index (κ2) is 13.4. The summed E-state index contributed by atoms with van der Waals surface area (Å²) in [7, 11) is -2.68. The number of rotatable bonds is 10. The lowest BCUT2D eigenvalue weighted by atomic mass is 9.99. The number of ether oxygens (including phenoxy) is 2. The normalized spacial score (nSPS) is 18.0. The molecule has 2 atom stereocenters. The van der Waals surface area contributed by atoms with Crippen LogP contribution in [0.25, 0.3) is 0 Å². The number of nitrogens with zero attached hydrogens (tertiary/aromatic N) is 1. The average Bonchev–Trinajstić information content (AvgIpc) is 3.34. The van der Waals surface area contributed by atoms with Crippen molar-refractivity contribution in [1.29, 1.82) is 0 Å². The zero-order valence-corrected chi connectivity index (χ0v) is 26.6. The van der Waals surface area contributed by atoms with Crippen molar-refractivity contribution in [3.63, 3.8) is 0 Å². The van der Waals surface area contributed by atoms with Gasteiger partial charge in [-0.1, -0.05) is 112 Å². The Morgan fingerprint density at radius 3 is 1.88 bits per heavy atom. The molecule has 5 nitrogen and oxygen atoms in total. The van der Waals surface area contributed by atoms with Crippen molar-refractivity contribution in [3.05, 3.63) is 96.6 Å². The van der Waals surface area contributed by atoms with Crippen molar-refractivity contribution >= 4 is 24.8 Å². The average molecular weight is 574 g/mol. The van der Waals surface area contributed by atoms with Gasteiger partial charge in [0.05, 0.1) is 6.61 Å². The van der Waals surface area contributed by atoms with Gasteiger partial charge in [0.15, 0.2) is 0 Å². The first-order valence-corrected chi connectivity index (χ1v) is 16.8. The molecule has 3 aromatic rings. The van der Waals surface area contributed by atoms with Gasteiger partial charge in [-0.25, -0.2) is 4.79 Å². The number of carbonyl (C=O) groups is 1. The molecule has 3 aromatic carbocycles. The van der Waals surface area contributed by atoms with Gasteiger partial charge in [0.1, 0.15) is 5.60 Å². The second-order valence-corrected chi connectivity index (χ2v) is 17.4. The molecule has 1 aliphatic heterocycles. The summed E-state index contributed by atoms with van der Waals surface area (Å²) in [6, 6.07) is 31.7. The SMILES string of the molecule is CC(C)(C)OC(=O)N1CC[C@H](CO[Si](c2ccccc2)(c2ccccc2)C(C)(C)C)[C@H]1CCOCc1ccccc1. The van der Waals surface area contributed by atoms with Crippen LogP contribution < -0.4 is 10.4 Å².